The Balaban J connectivity index is 0. The molecule has 0 unspecified atom stereocenters. The molecule has 0 saturated heterocycles. The van der Waals surface area contributed by atoms with Crippen molar-refractivity contribution in [3.63, 3.8) is 0 Å². The van der Waals surface area contributed by atoms with E-state index in [4.69, 9.17) is 9.29 Å². The molecule has 0 rings (SSSR count). The molecule has 0 aliphatic carbocycles. The van der Waals surface area contributed by atoms with Gasteiger partial charge in [0, 0.05) is 12.1 Å². The van der Waals surface area contributed by atoms with E-state index in [1.54, 1.807) is 6.92 Å². The first kappa shape index (κ1) is 20.4. The van der Waals surface area contributed by atoms with Crippen LogP contribution in [0.4, 0.5) is 0 Å². The van der Waals surface area contributed by atoms with Crippen LogP contribution in [0.15, 0.2) is 12.2 Å². The summed E-state index contributed by atoms with van der Waals surface area (Å²) in [4.78, 5) is 13.0. The van der Waals surface area contributed by atoms with Crippen LogP contribution in [-0.4, -0.2) is 61.8 Å². The highest BCUT2D eigenvalue weighted by atomic mass is 32.2. The molecule has 0 amide bonds. The molecule has 0 atom stereocenters. The average Bonchev–Trinajstić information content (AvgIpc) is 2.22. The third-order valence-electron chi connectivity index (χ3n) is 2.21. The first-order valence-electron chi connectivity index (χ1n) is 5.68. The number of hydrogen-bond acceptors (Lipinski definition) is 5. The second kappa shape index (κ2) is 9.90. The zero-order chi connectivity index (χ0) is 14.2. The van der Waals surface area contributed by atoms with Gasteiger partial charge in [-0.3, -0.25) is 4.55 Å². The van der Waals surface area contributed by atoms with E-state index in [2.05, 4.69) is 6.58 Å². The van der Waals surface area contributed by atoms with Crippen molar-refractivity contribution in [1.29, 1.82) is 0 Å². The first-order chi connectivity index (χ1) is 8.22. The van der Waals surface area contributed by atoms with Gasteiger partial charge in [-0.15, -0.1) is 0 Å². The lowest BCUT2D eigenvalue weighted by Gasteiger charge is -2.15. The van der Waals surface area contributed by atoms with Crippen LogP contribution in [0, 0.1) is 0 Å². The molecule has 0 fully saturated rings. The van der Waals surface area contributed by atoms with E-state index in [0.29, 0.717) is 38.1 Å². The van der Waals surface area contributed by atoms with Crippen molar-refractivity contribution < 1.29 is 28.0 Å². The van der Waals surface area contributed by atoms with Crippen LogP contribution in [0.3, 0.4) is 0 Å². The van der Waals surface area contributed by atoms with Crippen LogP contribution >= 0.6 is 0 Å². The fraction of sp³-hybridized carbons (Fsp3) is 0.727. The molecular formula is C11H23NO6S. The Morgan fingerprint density at radius 1 is 1.32 bits per heavy atom. The molecular weight excluding hydrogens is 274 g/mol. The van der Waals surface area contributed by atoms with E-state index >= 15 is 0 Å². The second-order valence-corrected chi connectivity index (χ2v) is 5.78. The number of esters is 1. The third-order valence-corrected chi connectivity index (χ3v) is 3.01. The molecule has 0 aromatic heterocycles. The fourth-order valence-corrected chi connectivity index (χ4v) is 1.75. The molecule has 0 saturated carbocycles. The summed E-state index contributed by atoms with van der Waals surface area (Å²) in [5.41, 5.74) is 0.372. The minimum Gasteiger partial charge on any atom is -0.462 e. The van der Waals surface area contributed by atoms with Gasteiger partial charge in [0.2, 0.25) is 0 Å². The van der Waals surface area contributed by atoms with Crippen molar-refractivity contribution in [2.75, 3.05) is 32.5 Å². The molecule has 0 aromatic carbocycles. The Kier molecular flexibility index (Phi) is 10.6. The third kappa shape index (κ3) is 13.3. The highest BCUT2D eigenvalue weighted by molar-refractivity contribution is 7.85. The van der Waals surface area contributed by atoms with E-state index < -0.39 is 16.1 Å². The summed E-state index contributed by atoms with van der Waals surface area (Å²) >= 11 is 0. The summed E-state index contributed by atoms with van der Waals surface area (Å²) in [5, 5.41) is 0. The van der Waals surface area contributed by atoms with Crippen molar-refractivity contribution in [2.45, 2.75) is 19.8 Å². The van der Waals surface area contributed by atoms with Gasteiger partial charge in [0.1, 0.15) is 0 Å². The van der Waals surface area contributed by atoms with E-state index in [1.807, 2.05) is 11.9 Å². The van der Waals surface area contributed by atoms with Crippen molar-refractivity contribution in [1.82, 2.24) is 4.90 Å². The minimum absolute atomic E-state index is 0. The average molecular weight is 297 g/mol. The van der Waals surface area contributed by atoms with Crippen molar-refractivity contribution in [3.8, 4) is 0 Å². The molecule has 7 nitrogen and oxygen atoms in total. The zero-order valence-corrected chi connectivity index (χ0v) is 12.2. The summed E-state index contributed by atoms with van der Waals surface area (Å²) in [6.07, 6.45) is 1.04. The van der Waals surface area contributed by atoms with E-state index in [0.717, 1.165) is 0 Å². The number of carbonyl (C=O) groups is 1. The smallest absolute Gasteiger partial charge is 0.333 e. The van der Waals surface area contributed by atoms with Crippen LogP contribution in [-0.2, 0) is 19.6 Å². The van der Waals surface area contributed by atoms with Gasteiger partial charge >= 0.3 is 5.97 Å². The molecule has 19 heavy (non-hydrogen) atoms. The maximum atomic E-state index is 11.0. The maximum absolute atomic E-state index is 11.0. The maximum Gasteiger partial charge on any atom is 0.333 e. The van der Waals surface area contributed by atoms with Crippen LogP contribution in [0.1, 0.15) is 19.8 Å². The molecule has 8 heteroatoms. The summed E-state index contributed by atoms with van der Waals surface area (Å²) in [5.74, 6) is -0.633. The number of ether oxygens (including phenoxy) is 1. The van der Waals surface area contributed by atoms with E-state index in [-0.39, 0.29) is 11.2 Å². The van der Waals surface area contributed by atoms with Gasteiger partial charge in [-0.25, -0.2) is 4.79 Å². The monoisotopic (exact) mass is 297 g/mol. The standard InChI is InChI=1S/C11H21NO5S.H2O/c1-10(2)11(13)17-8-4-6-12(3)7-5-9-18(14,15)16;/h1,4-9H2,2-3H3,(H,14,15,16);1H2. The summed E-state index contributed by atoms with van der Waals surface area (Å²) in [6.45, 7) is 6.62. The predicted octanol–water partition coefficient (Wildman–Crippen LogP) is -0.119. The van der Waals surface area contributed by atoms with Gasteiger partial charge in [0.15, 0.2) is 0 Å². The van der Waals surface area contributed by atoms with Crippen molar-refractivity contribution in [3.05, 3.63) is 12.2 Å². The summed E-state index contributed by atoms with van der Waals surface area (Å²) in [7, 11) is -2.03. The summed E-state index contributed by atoms with van der Waals surface area (Å²) in [6, 6.07) is 0. The SMILES string of the molecule is C=C(C)C(=O)OCCCN(C)CCCS(=O)(=O)O.O. The molecule has 0 heterocycles. The Bertz CT molecular complexity index is 379. The molecule has 0 radical (unpaired) electrons. The van der Waals surface area contributed by atoms with Gasteiger partial charge in [0.05, 0.1) is 12.4 Å². The number of hydrogen-bond donors (Lipinski definition) is 1. The Morgan fingerprint density at radius 2 is 1.84 bits per heavy atom. The quantitative estimate of drug-likeness (QED) is 0.274. The van der Waals surface area contributed by atoms with Gasteiger partial charge in [-0.05, 0) is 33.4 Å². The Labute approximate surface area is 114 Å². The van der Waals surface area contributed by atoms with Gasteiger partial charge in [-0.1, -0.05) is 6.58 Å². The molecule has 0 bridgehead atoms. The lowest BCUT2D eigenvalue weighted by Crippen LogP contribution is -2.24. The molecule has 0 aromatic rings. The van der Waals surface area contributed by atoms with E-state index in [1.165, 1.54) is 0 Å². The number of rotatable bonds is 9. The van der Waals surface area contributed by atoms with Gasteiger partial charge in [-0.2, -0.15) is 8.42 Å². The molecule has 0 spiro atoms. The highest BCUT2D eigenvalue weighted by Crippen LogP contribution is 1.96. The normalized spacial score (nSPS) is 10.9. The molecule has 0 aliphatic heterocycles. The summed E-state index contributed by atoms with van der Waals surface area (Å²) < 4.78 is 34.4. The van der Waals surface area contributed by atoms with E-state index in [9.17, 15) is 13.2 Å². The minimum atomic E-state index is -3.87. The molecule has 3 N–H and O–H groups in total. The number of nitrogens with zero attached hydrogens (tertiary/aromatic N) is 1. The van der Waals surface area contributed by atoms with Crippen LogP contribution in [0.5, 0.6) is 0 Å². The second-order valence-electron chi connectivity index (χ2n) is 4.21. The lowest BCUT2D eigenvalue weighted by atomic mass is 10.3. The first-order valence-corrected chi connectivity index (χ1v) is 7.29. The van der Waals surface area contributed by atoms with Gasteiger partial charge in [0.25, 0.3) is 10.1 Å². The van der Waals surface area contributed by atoms with Crippen LogP contribution in [0.25, 0.3) is 0 Å². The predicted molar refractivity (Wildman–Crippen MR) is 72.5 cm³/mol. The molecule has 0 aliphatic rings. The van der Waals surface area contributed by atoms with Crippen LogP contribution < -0.4 is 0 Å². The Morgan fingerprint density at radius 3 is 2.32 bits per heavy atom. The highest BCUT2D eigenvalue weighted by Gasteiger charge is 2.06. The largest absolute Gasteiger partial charge is 0.462 e. The van der Waals surface area contributed by atoms with Crippen LogP contribution in [0.2, 0.25) is 0 Å². The molecule has 114 valence electrons. The van der Waals surface area contributed by atoms with Crippen molar-refractivity contribution >= 4 is 16.1 Å². The topological polar surface area (TPSA) is 115 Å². The fourth-order valence-electron chi connectivity index (χ4n) is 1.25. The van der Waals surface area contributed by atoms with Gasteiger partial charge < -0.3 is 15.1 Å². The Hall–Kier alpha value is -0.960. The van der Waals surface area contributed by atoms with Crippen molar-refractivity contribution in [2.24, 2.45) is 0 Å². The number of carbonyl (C=O) groups excluding carboxylic acids is 1. The zero-order valence-electron chi connectivity index (χ0n) is 11.4. The lowest BCUT2D eigenvalue weighted by molar-refractivity contribution is -0.139.